The molecule has 27 heteroatoms. The maximum Gasteiger partial charge on any atom is 0.416 e. The van der Waals surface area contributed by atoms with E-state index in [4.69, 9.17) is 0 Å². The van der Waals surface area contributed by atoms with Crippen molar-refractivity contribution in [1.29, 1.82) is 0 Å². The molecule has 0 saturated heterocycles. The van der Waals surface area contributed by atoms with Gasteiger partial charge in [0.2, 0.25) is 12.3 Å². The number of aryl methyl sites for hydroxylation is 1. The van der Waals surface area contributed by atoms with Gasteiger partial charge in [-0.2, -0.15) is 132 Å². The minimum Gasteiger partial charge on any atom is -0.287 e. The van der Waals surface area contributed by atoms with Gasteiger partial charge in [-0.05, 0) is 30.7 Å². The number of aromatic nitrogens is 1. The molecule has 0 fully saturated rings. The van der Waals surface area contributed by atoms with E-state index in [1.54, 1.807) is 0 Å². The average Bonchev–Trinajstić information content (AvgIpc) is 3.28. The van der Waals surface area contributed by atoms with Gasteiger partial charge in [0.1, 0.15) is 6.15 Å². The summed E-state index contributed by atoms with van der Waals surface area (Å²) in [4.78, 5) is 12.1. The SMILES string of the molecule is CCCc1cccc[n+]1CC(=O)c1ccccc1.FC(F)(F)c1cc([B-](c2cc(C(F)(F)F)cc(C(F)(F)F)c2)(c2cc(C(F)(F)F)cc(C(F)(F)F)c2)c2cc(C(F)(F)F)cc(C(F)(F)F)c2)cc(C(F)(F)F)c1. The number of carbonyl (C=O) groups excluding carboxylic acids is 1. The van der Waals surface area contributed by atoms with Crippen molar-refractivity contribution in [2.75, 3.05) is 0 Å². The van der Waals surface area contributed by atoms with Crippen molar-refractivity contribution in [3.8, 4) is 0 Å². The summed E-state index contributed by atoms with van der Waals surface area (Å²) in [6.07, 6.45) is -50.7. The Morgan fingerprint density at radius 1 is 0.373 bits per heavy atom. The third kappa shape index (κ3) is 14.0. The molecule has 0 saturated carbocycles. The summed E-state index contributed by atoms with van der Waals surface area (Å²) in [5.74, 6) is 0.157. The average molecular weight is 1100 g/mol. The molecule has 6 aromatic rings. The van der Waals surface area contributed by atoms with E-state index in [9.17, 15) is 110 Å². The largest absolute Gasteiger partial charge is 0.416 e. The summed E-state index contributed by atoms with van der Waals surface area (Å²) in [5, 5.41) is 0. The summed E-state index contributed by atoms with van der Waals surface area (Å²) in [6.45, 7) is 2.57. The molecule has 0 bridgehead atoms. The van der Waals surface area contributed by atoms with Crippen molar-refractivity contribution in [3.63, 3.8) is 0 Å². The van der Waals surface area contributed by atoms with Crippen LogP contribution < -0.4 is 26.4 Å². The Morgan fingerprint density at radius 2 is 0.627 bits per heavy atom. The molecule has 0 radical (unpaired) electrons. The van der Waals surface area contributed by atoms with Crippen LogP contribution in [0.1, 0.15) is 73.9 Å². The zero-order valence-electron chi connectivity index (χ0n) is 37.2. The number of rotatable bonds is 9. The van der Waals surface area contributed by atoms with Crippen LogP contribution in [0.25, 0.3) is 0 Å². The highest BCUT2D eigenvalue weighted by atomic mass is 19.4. The van der Waals surface area contributed by atoms with Gasteiger partial charge in [0.25, 0.3) is 0 Å². The van der Waals surface area contributed by atoms with E-state index >= 15 is 0 Å². The molecule has 0 aliphatic rings. The Labute approximate surface area is 407 Å². The van der Waals surface area contributed by atoms with Crippen LogP contribution in [0.3, 0.4) is 0 Å². The van der Waals surface area contributed by atoms with E-state index in [1.807, 2.05) is 53.2 Å². The molecule has 0 N–H and O–H groups in total. The topological polar surface area (TPSA) is 20.9 Å². The summed E-state index contributed by atoms with van der Waals surface area (Å²) in [6, 6.07) is 6.72. The van der Waals surface area contributed by atoms with Crippen LogP contribution in [0.15, 0.2) is 128 Å². The number of carbonyl (C=O) groups is 1. The second-order valence-electron chi connectivity index (χ2n) is 16.6. The number of hydrogen-bond donors (Lipinski definition) is 0. The normalized spacial score (nSPS) is 13.3. The highest BCUT2D eigenvalue weighted by Gasteiger charge is 2.47. The van der Waals surface area contributed by atoms with Gasteiger partial charge in [-0.25, -0.2) is 0 Å². The van der Waals surface area contributed by atoms with Crippen molar-refractivity contribution in [3.05, 3.63) is 183 Å². The Kier molecular flexibility index (Phi) is 16.4. The van der Waals surface area contributed by atoms with Gasteiger partial charge in [0.15, 0.2) is 11.9 Å². The minimum absolute atomic E-state index is 0.157. The molecular formula is C48H30BF24NO. The van der Waals surface area contributed by atoms with Gasteiger partial charge in [-0.15, -0.1) is 0 Å². The fraction of sp³-hybridized carbons (Fsp3) is 0.250. The van der Waals surface area contributed by atoms with Crippen molar-refractivity contribution in [2.24, 2.45) is 0 Å². The summed E-state index contributed by atoms with van der Waals surface area (Å²) in [5.41, 5.74) is -28.2. The Balaban J connectivity index is 0.000000483. The van der Waals surface area contributed by atoms with Gasteiger partial charge >= 0.3 is 49.4 Å². The zero-order chi connectivity index (χ0) is 56.7. The number of halogens is 24. The molecule has 5 aromatic carbocycles. The molecule has 6 rings (SSSR count). The van der Waals surface area contributed by atoms with Crippen molar-refractivity contribution in [2.45, 2.75) is 75.7 Å². The Hall–Kier alpha value is -6.70. The van der Waals surface area contributed by atoms with E-state index in [-0.39, 0.29) is 5.78 Å². The quantitative estimate of drug-likeness (QED) is 0.0612. The summed E-state index contributed by atoms with van der Waals surface area (Å²) < 4.78 is 343. The zero-order valence-corrected chi connectivity index (χ0v) is 37.2. The van der Waals surface area contributed by atoms with Crippen molar-refractivity contribution in [1.82, 2.24) is 0 Å². The fourth-order valence-electron chi connectivity index (χ4n) is 8.09. The summed E-state index contributed by atoms with van der Waals surface area (Å²) >= 11 is 0. The molecule has 0 spiro atoms. The number of hydrogen-bond acceptors (Lipinski definition) is 1. The third-order valence-corrected chi connectivity index (χ3v) is 11.4. The van der Waals surface area contributed by atoms with Gasteiger partial charge < -0.3 is 0 Å². The first kappa shape index (κ1) is 59.2. The van der Waals surface area contributed by atoms with Gasteiger partial charge in [0, 0.05) is 24.1 Å². The monoisotopic (exact) mass is 1100 g/mol. The van der Waals surface area contributed by atoms with E-state index in [1.165, 1.54) is 5.69 Å². The number of nitrogens with zero attached hydrogens (tertiary/aromatic N) is 1. The van der Waals surface area contributed by atoms with Gasteiger partial charge in [-0.1, -0.05) is 91.9 Å². The molecule has 75 heavy (non-hydrogen) atoms. The maximum absolute atomic E-state index is 14.2. The van der Waals surface area contributed by atoms with Crippen LogP contribution in [-0.4, -0.2) is 11.9 Å². The van der Waals surface area contributed by atoms with Gasteiger partial charge in [0.05, 0.1) is 44.5 Å². The van der Waals surface area contributed by atoms with E-state index < -0.39 is 195 Å². The smallest absolute Gasteiger partial charge is 0.287 e. The van der Waals surface area contributed by atoms with E-state index in [2.05, 4.69) is 13.0 Å². The molecule has 0 atom stereocenters. The number of alkyl halides is 24. The van der Waals surface area contributed by atoms with Crippen LogP contribution in [0.5, 0.6) is 0 Å². The number of Topliss-reactive ketones (excluding diaryl/α,β-unsaturated/α-hetero) is 1. The number of ketones is 1. The second kappa shape index (κ2) is 20.8. The predicted molar refractivity (Wildman–Crippen MR) is 221 cm³/mol. The van der Waals surface area contributed by atoms with E-state index in [0.29, 0.717) is 6.54 Å². The lowest BCUT2D eigenvalue weighted by Gasteiger charge is -2.46. The maximum atomic E-state index is 14.2. The molecule has 0 aliphatic heterocycles. The Morgan fingerprint density at radius 3 is 0.867 bits per heavy atom. The first-order chi connectivity index (χ1) is 34.1. The molecule has 1 aromatic heterocycles. The van der Waals surface area contributed by atoms with Crippen LogP contribution in [-0.2, 0) is 62.4 Å². The lowest BCUT2D eigenvalue weighted by Crippen LogP contribution is -2.75. The highest BCUT2D eigenvalue weighted by molar-refractivity contribution is 7.20. The van der Waals surface area contributed by atoms with Gasteiger partial charge in [-0.3, -0.25) is 4.79 Å². The third-order valence-electron chi connectivity index (χ3n) is 11.4. The molecule has 0 unspecified atom stereocenters. The van der Waals surface area contributed by atoms with Crippen LogP contribution in [0.2, 0.25) is 0 Å². The second-order valence-corrected chi connectivity index (χ2v) is 16.6. The number of pyridine rings is 1. The van der Waals surface area contributed by atoms with Crippen molar-refractivity contribution >= 4 is 33.8 Å². The minimum atomic E-state index is -6.13. The highest BCUT2D eigenvalue weighted by Crippen LogP contribution is 2.41. The molecule has 1 heterocycles. The van der Waals surface area contributed by atoms with Crippen LogP contribution in [0.4, 0.5) is 105 Å². The molecule has 2 nitrogen and oxygen atoms in total. The lowest BCUT2D eigenvalue weighted by molar-refractivity contribution is -0.690. The summed E-state index contributed by atoms with van der Waals surface area (Å²) in [7, 11) is 0. The first-order valence-corrected chi connectivity index (χ1v) is 21.0. The van der Waals surface area contributed by atoms with E-state index in [0.717, 1.165) is 18.4 Å². The molecule has 404 valence electrons. The van der Waals surface area contributed by atoms with Crippen molar-refractivity contribution < 1.29 is 115 Å². The molecule has 0 amide bonds. The van der Waals surface area contributed by atoms with Crippen LogP contribution in [0, 0.1) is 0 Å². The predicted octanol–water partition coefficient (Wildman–Crippen LogP) is 14.0. The Bertz CT molecular complexity index is 2560. The van der Waals surface area contributed by atoms with Crippen LogP contribution >= 0.6 is 0 Å². The molecule has 0 aliphatic carbocycles. The molecular weight excluding hydrogens is 1070 g/mol. The number of benzene rings is 5. The standard InChI is InChI=1S/C32H12BF24.C16H18NO/c34-25(35,36)13-1-14(26(37,38)39)6-21(5-13)33(22-7-15(27(40,41)42)2-16(8-22)28(43,44)45,23-9-17(29(46,47)48)3-18(10-23)30(49,50)51)24-11-19(31(52,53)54)4-20(12-24)32(55,56)57;1-2-8-15-11-6-7-12-17(15)13-16(18)14-9-4-3-5-10-14/h1-12H;3-7,9-12H,2,8,13H2,1H3/q-1;+1. The lowest BCUT2D eigenvalue weighted by atomic mass is 9.12. The first-order valence-electron chi connectivity index (χ1n) is 21.0. The fourth-order valence-corrected chi connectivity index (χ4v) is 8.09.